The second-order valence-electron chi connectivity index (χ2n) is 4.49. The minimum atomic E-state index is -0.115. The Morgan fingerprint density at radius 1 is 1.38 bits per heavy atom. The third-order valence-corrected chi connectivity index (χ3v) is 3.38. The average Bonchev–Trinajstić information content (AvgIpc) is 2.65. The second kappa shape index (κ2) is 6.50. The van der Waals surface area contributed by atoms with Gasteiger partial charge in [-0.25, -0.2) is 4.98 Å². The van der Waals surface area contributed by atoms with Crippen molar-refractivity contribution in [2.24, 2.45) is 0 Å². The van der Waals surface area contributed by atoms with Crippen molar-refractivity contribution in [2.75, 3.05) is 7.11 Å². The van der Waals surface area contributed by atoms with Crippen LogP contribution in [0.15, 0.2) is 41.6 Å². The lowest BCUT2D eigenvalue weighted by Gasteiger charge is -2.11. The molecule has 0 aliphatic heterocycles. The van der Waals surface area contributed by atoms with Crippen LogP contribution in [0.25, 0.3) is 5.57 Å². The zero-order valence-corrected chi connectivity index (χ0v) is 12.5. The molecule has 1 aromatic heterocycles. The first-order valence-electron chi connectivity index (χ1n) is 6.36. The predicted octanol–water partition coefficient (Wildman–Crippen LogP) is 3.17. The largest absolute Gasteiger partial charge is 0.494 e. The lowest BCUT2D eigenvalue weighted by molar-refractivity contribution is -0.114. The first-order valence-corrected chi connectivity index (χ1v) is 6.73. The highest BCUT2D eigenvalue weighted by Gasteiger charge is 2.19. The van der Waals surface area contributed by atoms with Crippen LogP contribution in [0, 0.1) is 0 Å². The summed E-state index contributed by atoms with van der Waals surface area (Å²) in [7, 11) is 1.51. The summed E-state index contributed by atoms with van der Waals surface area (Å²) in [5.41, 5.74) is 2.37. The van der Waals surface area contributed by atoms with Crippen LogP contribution >= 0.6 is 11.6 Å². The first-order chi connectivity index (χ1) is 10.1. The van der Waals surface area contributed by atoms with Crippen molar-refractivity contribution in [3.05, 3.63) is 52.4 Å². The lowest BCUT2D eigenvalue weighted by Crippen LogP contribution is -1.98. The molecule has 0 unspecified atom stereocenters. The maximum atomic E-state index is 11.8. The molecule has 0 N–H and O–H groups in total. The summed E-state index contributed by atoms with van der Waals surface area (Å²) < 4.78 is 5.27. The van der Waals surface area contributed by atoms with Crippen molar-refractivity contribution >= 4 is 29.2 Å². The van der Waals surface area contributed by atoms with E-state index in [1.807, 2.05) is 13.0 Å². The summed E-state index contributed by atoms with van der Waals surface area (Å²) in [6.45, 7) is 1.85. The molecule has 1 aliphatic rings. The van der Waals surface area contributed by atoms with Crippen molar-refractivity contribution in [1.82, 2.24) is 4.98 Å². The highest BCUT2D eigenvalue weighted by molar-refractivity contribution is 6.29. The Hall–Kier alpha value is -2.20. The molecule has 108 valence electrons. The molecule has 0 radical (unpaired) electrons. The van der Waals surface area contributed by atoms with Gasteiger partial charge in [-0.15, -0.1) is 0 Å². The van der Waals surface area contributed by atoms with Crippen LogP contribution in [-0.2, 0) is 9.59 Å². The predicted molar refractivity (Wildman–Crippen MR) is 81.3 cm³/mol. The molecule has 2 rings (SSSR count). The Morgan fingerprint density at radius 3 is 2.76 bits per heavy atom. The zero-order chi connectivity index (χ0) is 15.4. The standard InChI is InChI=1S/C16H14ClNO3/c1-3-10-4-12(20)6-11(9-19)13(5-10)14-7-16(17)18-8-15(14)21-2/h3,5-9H,4H2,1-2H3/b10-3-. The van der Waals surface area contributed by atoms with Gasteiger partial charge in [-0.1, -0.05) is 23.8 Å². The van der Waals surface area contributed by atoms with Gasteiger partial charge in [-0.3, -0.25) is 9.59 Å². The first kappa shape index (κ1) is 15.2. The van der Waals surface area contributed by atoms with Crippen LogP contribution in [0.1, 0.15) is 18.9 Å². The zero-order valence-electron chi connectivity index (χ0n) is 11.7. The van der Waals surface area contributed by atoms with E-state index in [4.69, 9.17) is 16.3 Å². The SMILES string of the molecule is C/C=C1\C=C(c2cc(Cl)ncc2OC)C(C=O)=CC(=O)C1. The molecule has 0 spiro atoms. The highest BCUT2D eigenvalue weighted by atomic mass is 35.5. The third kappa shape index (κ3) is 3.28. The van der Waals surface area contributed by atoms with Gasteiger partial charge >= 0.3 is 0 Å². The van der Waals surface area contributed by atoms with Gasteiger partial charge < -0.3 is 4.74 Å². The van der Waals surface area contributed by atoms with Crippen molar-refractivity contribution in [1.29, 1.82) is 0 Å². The van der Waals surface area contributed by atoms with Crippen molar-refractivity contribution in [2.45, 2.75) is 13.3 Å². The molecule has 0 aromatic carbocycles. The van der Waals surface area contributed by atoms with E-state index in [-0.39, 0.29) is 17.4 Å². The van der Waals surface area contributed by atoms with Gasteiger partial charge in [0.15, 0.2) is 12.1 Å². The van der Waals surface area contributed by atoms with E-state index >= 15 is 0 Å². The van der Waals surface area contributed by atoms with Gasteiger partial charge in [0.25, 0.3) is 0 Å². The maximum Gasteiger partial charge on any atom is 0.160 e. The summed E-state index contributed by atoms with van der Waals surface area (Å²) in [4.78, 5) is 27.1. The molecule has 0 saturated carbocycles. The van der Waals surface area contributed by atoms with Crippen LogP contribution in [0.5, 0.6) is 5.75 Å². The molecule has 1 aromatic rings. The van der Waals surface area contributed by atoms with Gasteiger partial charge in [0.05, 0.1) is 13.3 Å². The quantitative estimate of drug-likeness (QED) is 0.636. The number of nitrogens with zero attached hydrogens (tertiary/aromatic N) is 1. The van der Waals surface area contributed by atoms with Gasteiger partial charge in [0, 0.05) is 17.6 Å². The van der Waals surface area contributed by atoms with Crippen LogP contribution in [-0.4, -0.2) is 24.2 Å². The van der Waals surface area contributed by atoms with E-state index < -0.39 is 0 Å². The fourth-order valence-electron chi connectivity index (χ4n) is 2.13. The molecule has 0 fully saturated rings. The second-order valence-corrected chi connectivity index (χ2v) is 4.88. The number of hydrogen-bond donors (Lipinski definition) is 0. The Bertz CT molecular complexity index is 687. The summed E-state index contributed by atoms with van der Waals surface area (Å²) >= 11 is 5.94. The molecule has 1 heterocycles. The fourth-order valence-corrected chi connectivity index (χ4v) is 2.29. The smallest absolute Gasteiger partial charge is 0.160 e. The van der Waals surface area contributed by atoms with Crippen LogP contribution in [0.4, 0.5) is 0 Å². The number of carbonyl (C=O) groups is 2. The Labute approximate surface area is 127 Å². The van der Waals surface area contributed by atoms with Crippen LogP contribution < -0.4 is 4.74 Å². The number of allylic oxidation sites excluding steroid dienone is 6. The van der Waals surface area contributed by atoms with E-state index in [9.17, 15) is 9.59 Å². The number of pyridine rings is 1. The molecule has 4 nitrogen and oxygen atoms in total. The summed E-state index contributed by atoms with van der Waals surface area (Å²) in [6, 6.07) is 1.62. The monoisotopic (exact) mass is 303 g/mol. The third-order valence-electron chi connectivity index (χ3n) is 3.18. The van der Waals surface area contributed by atoms with E-state index in [0.717, 1.165) is 5.57 Å². The van der Waals surface area contributed by atoms with Crippen LogP contribution in [0.3, 0.4) is 0 Å². The minimum absolute atomic E-state index is 0.115. The highest BCUT2D eigenvalue weighted by Crippen LogP contribution is 2.34. The number of methoxy groups -OCH3 is 1. The van der Waals surface area contributed by atoms with Gasteiger partial charge in [-0.05, 0) is 30.2 Å². The molecule has 21 heavy (non-hydrogen) atoms. The summed E-state index contributed by atoms with van der Waals surface area (Å²) in [5.74, 6) is 0.374. The number of ether oxygens (including phenoxy) is 1. The van der Waals surface area contributed by atoms with Gasteiger partial charge in [-0.2, -0.15) is 0 Å². The maximum absolute atomic E-state index is 11.8. The summed E-state index contributed by atoms with van der Waals surface area (Å²) in [5, 5.41) is 0.287. The number of halogens is 1. The Morgan fingerprint density at radius 2 is 2.14 bits per heavy atom. The average molecular weight is 304 g/mol. The van der Waals surface area contributed by atoms with Crippen molar-refractivity contribution in [3.8, 4) is 5.75 Å². The molecule has 0 atom stereocenters. The van der Waals surface area contributed by atoms with Crippen molar-refractivity contribution < 1.29 is 14.3 Å². The Kier molecular flexibility index (Phi) is 4.70. The number of aromatic nitrogens is 1. The van der Waals surface area contributed by atoms with E-state index in [1.54, 1.807) is 12.1 Å². The van der Waals surface area contributed by atoms with Crippen LogP contribution in [0.2, 0.25) is 5.15 Å². The van der Waals surface area contributed by atoms with Gasteiger partial charge in [0.2, 0.25) is 0 Å². The molecular formula is C16H14ClNO3. The molecular weight excluding hydrogens is 290 g/mol. The molecule has 0 bridgehead atoms. The number of rotatable bonds is 3. The molecule has 5 heteroatoms. The lowest BCUT2D eigenvalue weighted by atomic mass is 9.97. The molecule has 0 saturated heterocycles. The topological polar surface area (TPSA) is 56.3 Å². The van der Waals surface area contributed by atoms with E-state index in [0.29, 0.717) is 28.7 Å². The normalized spacial score (nSPS) is 17.1. The van der Waals surface area contributed by atoms with E-state index in [1.165, 1.54) is 19.4 Å². The Balaban J connectivity index is 2.70. The fraction of sp³-hybridized carbons (Fsp3) is 0.188. The van der Waals surface area contributed by atoms with E-state index in [2.05, 4.69) is 4.98 Å². The minimum Gasteiger partial charge on any atom is -0.494 e. The van der Waals surface area contributed by atoms with Gasteiger partial charge in [0.1, 0.15) is 10.9 Å². The summed E-state index contributed by atoms with van der Waals surface area (Å²) in [6.07, 6.45) is 7.41. The number of hydrogen-bond acceptors (Lipinski definition) is 4. The number of carbonyl (C=O) groups excluding carboxylic acids is 2. The molecule has 1 aliphatic carbocycles. The number of aldehydes is 1. The van der Waals surface area contributed by atoms with Crippen molar-refractivity contribution in [3.63, 3.8) is 0 Å². The molecule has 0 amide bonds. The number of ketones is 1.